The molecule has 0 amide bonds. The summed E-state index contributed by atoms with van der Waals surface area (Å²) >= 11 is 0. The molecule has 0 bridgehead atoms. The minimum absolute atomic E-state index is 0.0790. The number of hydrogen-bond acceptors (Lipinski definition) is 5. The standard InChI is InChI=1S/C21H21N3O3S/c25-28(26,15-12-17-6-2-1-3-7-17)24-13-10-19(11-14-24)27-21-20-9-5-4-8-18(20)16-22-23-21/h1-9,12,15-16,19H,10-11,13-14H2/b15-12+. The molecule has 1 aliphatic heterocycles. The summed E-state index contributed by atoms with van der Waals surface area (Å²) in [5.41, 5.74) is 0.860. The SMILES string of the molecule is O=S(=O)(/C=C/c1ccccc1)N1CCC(Oc2nncc3ccccc23)CC1. The Labute approximate surface area is 164 Å². The number of aromatic nitrogens is 2. The fourth-order valence-electron chi connectivity index (χ4n) is 3.27. The molecule has 0 N–H and O–H groups in total. The van der Waals surface area contributed by atoms with Crippen LogP contribution in [0.4, 0.5) is 0 Å². The minimum Gasteiger partial charge on any atom is -0.473 e. The van der Waals surface area contributed by atoms with Gasteiger partial charge in [-0.3, -0.25) is 0 Å². The maximum Gasteiger partial charge on any atom is 0.241 e. The quantitative estimate of drug-likeness (QED) is 0.661. The van der Waals surface area contributed by atoms with Gasteiger partial charge in [0, 0.05) is 29.3 Å². The van der Waals surface area contributed by atoms with Crippen molar-refractivity contribution in [3.63, 3.8) is 0 Å². The van der Waals surface area contributed by atoms with Crippen LogP contribution in [-0.4, -0.2) is 42.1 Å². The summed E-state index contributed by atoms with van der Waals surface area (Å²) in [6, 6.07) is 17.2. The van der Waals surface area contributed by atoms with Gasteiger partial charge in [-0.25, -0.2) is 8.42 Å². The predicted octanol–water partition coefficient (Wildman–Crippen LogP) is 3.47. The van der Waals surface area contributed by atoms with Crippen LogP contribution in [0.5, 0.6) is 5.88 Å². The smallest absolute Gasteiger partial charge is 0.241 e. The lowest BCUT2D eigenvalue weighted by atomic mass is 10.1. The molecule has 0 radical (unpaired) electrons. The summed E-state index contributed by atoms with van der Waals surface area (Å²) in [5.74, 6) is 0.503. The summed E-state index contributed by atoms with van der Waals surface area (Å²) in [4.78, 5) is 0. The first-order valence-corrected chi connectivity index (χ1v) is 10.7. The first-order valence-electron chi connectivity index (χ1n) is 9.22. The van der Waals surface area contributed by atoms with Crippen LogP contribution in [0.15, 0.2) is 66.2 Å². The Hall–Kier alpha value is -2.77. The number of sulfonamides is 1. The maximum absolute atomic E-state index is 12.6. The van der Waals surface area contributed by atoms with Crippen LogP contribution in [0, 0.1) is 0 Å². The summed E-state index contributed by atoms with van der Waals surface area (Å²) < 4.78 is 32.7. The van der Waals surface area contributed by atoms with Crippen LogP contribution in [-0.2, 0) is 10.0 Å². The van der Waals surface area contributed by atoms with E-state index in [-0.39, 0.29) is 6.10 Å². The van der Waals surface area contributed by atoms with Crippen molar-refractivity contribution in [2.75, 3.05) is 13.1 Å². The maximum atomic E-state index is 12.6. The highest BCUT2D eigenvalue weighted by atomic mass is 32.2. The topological polar surface area (TPSA) is 72.4 Å². The van der Waals surface area contributed by atoms with Crippen LogP contribution >= 0.6 is 0 Å². The zero-order valence-electron chi connectivity index (χ0n) is 15.3. The molecule has 0 aliphatic carbocycles. The van der Waals surface area contributed by atoms with Crippen LogP contribution in [0.25, 0.3) is 16.8 Å². The monoisotopic (exact) mass is 395 g/mol. The molecule has 144 valence electrons. The fourth-order valence-corrected chi connectivity index (χ4v) is 4.49. The number of hydrogen-bond donors (Lipinski definition) is 0. The van der Waals surface area contributed by atoms with Gasteiger partial charge in [0.15, 0.2) is 0 Å². The first-order chi connectivity index (χ1) is 13.6. The second-order valence-electron chi connectivity index (χ2n) is 6.71. The molecule has 0 saturated carbocycles. The van der Waals surface area contributed by atoms with Gasteiger partial charge in [-0.2, -0.15) is 9.40 Å². The van der Waals surface area contributed by atoms with Gasteiger partial charge >= 0.3 is 0 Å². The van der Waals surface area contributed by atoms with Gasteiger partial charge in [0.2, 0.25) is 15.9 Å². The molecule has 1 aliphatic rings. The highest BCUT2D eigenvalue weighted by Crippen LogP contribution is 2.25. The van der Waals surface area contributed by atoms with Crippen molar-refractivity contribution in [1.29, 1.82) is 0 Å². The first kappa shape index (κ1) is 18.6. The van der Waals surface area contributed by atoms with Crippen molar-refractivity contribution < 1.29 is 13.2 Å². The Morgan fingerprint density at radius 3 is 2.50 bits per heavy atom. The molecule has 4 rings (SSSR count). The lowest BCUT2D eigenvalue weighted by Gasteiger charge is -2.30. The molecule has 1 fully saturated rings. The normalized spacial score (nSPS) is 16.6. The van der Waals surface area contributed by atoms with Crippen LogP contribution < -0.4 is 4.74 Å². The third-order valence-electron chi connectivity index (χ3n) is 4.81. The van der Waals surface area contributed by atoms with Gasteiger partial charge in [-0.05, 0) is 30.5 Å². The molecule has 2 aromatic carbocycles. The summed E-state index contributed by atoms with van der Waals surface area (Å²) in [6.07, 6.45) is 4.48. The van der Waals surface area contributed by atoms with Crippen LogP contribution in [0.1, 0.15) is 18.4 Å². The van der Waals surface area contributed by atoms with E-state index < -0.39 is 10.0 Å². The van der Waals surface area contributed by atoms with Crippen molar-refractivity contribution in [3.8, 4) is 5.88 Å². The molecular weight excluding hydrogens is 374 g/mol. The number of benzene rings is 2. The molecule has 1 aromatic heterocycles. The van der Waals surface area contributed by atoms with E-state index in [2.05, 4.69) is 10.2 Å². The number of ether oxygens (including phenoxy) is 1. The molecule has 0 unspecified atom stereocenters. The van der Waals surface area contributed by atoms with Gasteiger partial charge in [0.25, 0.3) is 0 Å². The van der Waals surface area contributed by atoms with Crippen LogP contribution in [0.3, 0.4) is 0 Å². The minimum atomic E-state index is -3.44. The lowest BCUT2D eigenvalue weighted by molar-refractivity contribution is 0.131. The summed E-state index contributed by atoms with van der Waals surface area (Å²) in [7, 11) is -3.44. The average molecular weight is 395 g/mol. The summed E-state index contributed by atoms with van der Waals surface area (Å²) in [5, 5.41) is 11.3. The highest BCUT2D eigenvalue weighted by Gasteiger charge is 2.27. The molecule has 6 nitrogen and oxygen atoms in total. The zero-order valence-corrected chi connectivity index (χ0v) is 16.1. The predicted molar refractivity (Wildman–Crippen MR) is 109 cm³/mol. The second kappa shape index (κ2) is 8.08. The number of fused-ring (bicyclic) bond motifs is 1. The molecule has 2 heterocycles. The molecule has 0 spiro atoms. The van der Waals surface area contributed by atoms with Crippen LogP contribution in [0.2, 0.25) is 0 Å². The fraction of sp³-hybridized carbons (Fsp3) is 0.238. The Balaban J connectivity index is 1.39. The van der Waals surface area contributed by atoms with E-state index >= 15 is 0 Å². The van der Waals surface area contributed by atoms with E-state index in [1.807, 2.05) is 54.6 Å². The van der Waals surface area contributed by atoms with Crippen molar-refractivity contribution >= 4 is 26.9 Å². The molecule has 7 heteroatoms. The molecule has 28 heavy (non-hydrogen) atoms. The van der Waals surface area contributed by atoms with Gasteiger partial charge in [0.05, 0.1) is 6.20 Å². The van der Waals surface area contributed by atoms with Crippen molar-refractivity contribution in [3.05, 3.63) is 71.8 Å². The van der Waals surface area contributed by atoms with Crippen molar-refractivity contribution in [2.45, 2.75) is 18.9 Å². The Kier molecular flexibility index (Phi) is 5.36. The van der Waals surface area contributed by atoms with E-state index in [4.69, 9.17) is 4.74 Å². The van der Waals surface area contributed by atoms with E-state index in [1.165, 1.54) is 9.71 Å². The highest BCUT2D eigenvalue weighted by molar-refractivity contribution is 7.92. The summed E-state index contributed by atoms with van der Waals surface area (Å²) in [6.45, 7) is 0.842. The van der Waals surface area contributed by atoms with E-state index in [0.29, 0.717) is 31.8 Å². The van der Waals surface area contributed by atoms with E-state index in [1.54, 1.807) is 12.3 Å². The Morgan fingerprint density at radius 2 is 1.71 bits per heavy atom. The number of piperidine rings is 1. The number of rotatable bonds is 5. The number of nitrogens with zero attached hydrogens (tertiary/aromatic N) is 3. The van der Waals surface area contributed by atoms with Gasteiger partial charge in [0.1, 0.15) is 6.10 Å². The van der Waals surface area contributed by atoms with E-state index in [0.717, 1.165) is 16.3 Å². The largest absolute Gasteiger partial charge is 0.473 e. The Morgan fingerprint density at radius 1 is 1.00 bits per heavy atom. The van der Waals surface area contributed by atoms with Gasteiger partial charge in [-0.15, -0.1) is 5.10 Å². The van der Waals surface area contributed by atoms with Crippen molar-refractivity contribution in [1.82, 2.24) is 14.5 Å². The third kappa shape index (κ3) is 4.21. The third-order valence-corrected chi connectivity index (χ3v) is 6.37. The second-order valence-corrected chi connectivity index (χ2v) is 8.53. The molecular formula is C21H21N3O3S. The molecule has 0 atom stereocenters. The Bertz CT molecular complexity index is 1070. The van der Waals surface area contributed by atoms with Gasteiger partial charge < -0.3 is 4.74 Å². The lowest BCUT2D eigenvalue weighted by Crippen LogP contribution is -2.41. The molecule has 3 aromatic rings. The van der Waals surface area contributed by atoms with Gasteiger partial charge in [-0.1, -0.05) is 48.5 Å². The molecule has 1 saturated heterocycles. The zero-order chi connectivity index (χ0) is 19.4. The van der Waals surface area contributed by atoms with E-state index in [9.17, 15) is 8.42 Å². The average Bonchev–Trinajstić information content (AvgIpc) is 2.74. The van der Waals surface area contributed by atoms with Crippen molar-refractivity contribution in [2.24, 2.45) is 0 Å².